The van der Waals surface area contributed by atoms with E-state index in [1.165, 1.54) is 24.3 Å². The van der Waals surface area contributed by atoms with Crippen LogP contribution in [0.2, 0.25) is 5.02 Å². The molecule has 1 aliphatic rings. The van der Waals surface area contributed by atoms with E-state index in [0.717, 1.165) is 16.0 Å². The van der Waals surface area contributed by atoms with Crippen LogP contribution < -0.4 is 19.7 Å². The van der Waals surface area contributed by atoms with E-state index in [0.29, 0.717) is 32.3 Å². The summed E-state index contributed by atoms with van der Waals surface area (Å²) in [7, 11) is 0. The van der Waals surface area contributed by atoms with Crippen molar-refractivity contribution in [1.29, 1.82) is 0 Å². The molecular weight excluding hydrogens is 641 g/mol. The zero-order valence-electron chi connectivity index (χ0n) is 20.7. The van der Waals surface area contributed by atoms with E-state index < -0.39 is 22.8 Å². The highest BCUT2D eigenvalue weighted by Crippen LogP contribution is 2.36. The Labute approximate surface area is 241 Å². The normalized spacial score (nSPS) is 14.4. The zero-order chi connectivity index (χ0) is 28.3. The van der Waals surface area contributed by atoms with E-state index in [9.17, 15) is 24.5 Å². The molecule has 0 radical (unpaired) electrons. The quantitative estimate of drug-likeness (QED) is 0.106. The monoisotopic (exact) mass is 661 g/mol. The molecule has 1 saturated heterocycles. The maximum atomic E-state index is 13.3. The average molecular weight is 662 g/mol. The van der Waals surface area contributed by atoms with Crippen LogP contribution in [-0.2, 0) is 16.2 Å². The van der Waals surface area contributed by atoms with Gasteiger partial charge in [0.05, 0.1) is 20.8 Å². The summed E-state index contributed by atoms with van der Waals surface area (Å²) in [6.07, 6.45) is 1.37. The molecule has 200 valence electrons. The van der Waals surface area contributed by atoms with Crippen molar-refractivity contribution in [3.63, 3.8) is 0 Å². The van der Waals surface area contributed by atoms with Gasteiger partial charge in [-0.25, -0.2) is 9.69 Å². The van der Waals surface area contributed by atoms with Gasteiger partial charge in [-0.05, 0) is 95.6 Å². The first-order valence-electron chi connectivity index (χ1n) is 11.6. The van der Waals surface area contributed by atoms with Gasteiger partial charge in [0.25, 0.3) is 17.5 Å². The second-order valence-corrected chi connectivity index (χ2v) is 9.94. The average Bonchev–Trinajstić information content (AvgIpc) is 2.88. The van der Waals surface area contributed by atoms with Gasteiger partial charge >= 0.3 is 6.03 Å². The van der Waals surface area contributed by atoms with Gasteiger partial charge in [0.2, 0.25) is 0 Å². The molecule has 0 bridgehead atoms. The van der Waals surface area contributed by atoms with Crippen molar-refractivity contribution in [2.45, 2.75) is 20.5 Å². The minimum atomic E-state index is -0.873. The number of anilines is 1. The number of halogens is 2. The lowest BCUT2D eigenvalue weighted by molar-refractivity contribution is -0.384. The van der Waals surface area contributed by atoms with Crippen LogP contribution in [-0.4, -0.2) is 29.4 Å². The van der Waals surface area contributed by atoms with Crippen molar-refractivity contribution in [3.8, 4) is 11.5 Å². The largest absolute Gasteiger partial charge is 0.490 e. The Hall–Kier alpha value is -3.97. The number of imide groups is 2. The summed E-state index contributed by atoms with van der Waals surface area (Å²) in [5, 5.41) is 13.4. The molecule has 1 fully saturated rings. The van der Waals surface area contributed by atoms with E-state index in [1.54, 1.807) is 50.2 Å². The fourth-order valence-electron chi connectivity index (χ4n) is 3.72. The summed E-state index contributed by atoms with van der Waals surface area (Å²) in [4.78, 5) is 49.7. The summed E-state index contributed by atoms with van der Waals surface area (Å²) < 4.78 is 12.4. The molecule has 0 aromatic heterocycles. The number of rotatable bonds is 8. The third kappa shape index (κ3) is 6.20. The Morgan fingerprint density at radius 1 is 1.08 bits per heavy atom. The molecule has 1 aliphatic heterocycles. The number of hydrogen-bond donors (Lipinski definition) is 1. The van der Waals surface area contributed by atoms with Crippen LogP contribution in [0.3, 0.4) is 0 Å². The molecule has 1 heterocycles. The maximum Gasteiger partial charge on any atom is 0.335 e. The van der Waals surface area contributed by atoms with Crippen molar-refractivity contribution >= 4 is 69.5 Å². The van der Waals surface area contributed by atoms with Gasteiger partial charge in [-0.1, -0.05) is 17.7 Å². The first kappa shape index (κ1) is 28.0. The molecule has 12 heteroatoms. The number of carbonyl (C=O) groups is 3. The van der Waals surface area contributed by atoms with Crippen molar-refractivity contribution < 1.29 is 28.8 Å². The number of nitrogens with zero attached hydrogens (tertiary/aromatic N) is 2. The number of carbonyl (C=O) groups excluding carboxylic acids is 3. The van der Waals surface area contributed by atoms with Gasteiger partial charge in [-0.3, -0.25) is 25.0 Å². The fraction of sp³-hybridized carbons (Fsp3) is 0.148. The van der Waals surface area contributed by atoms with E-state index in [2.05, 4.69) is 5.32 Å². The van der Waals surface area contributed by atoms with Gasteiger partial charge in [-0.2, -0.15) is 0 Å². The van der Waals surface area contributed by atoms with Crippen LogP contribution in [0.4, 0.5) is 16.2 Å². The highest BCUT2D eigenvalue weighted by molar-refractivity contribution is 14.1. The molecule has 4 rings (SSSR count). The van der Waals surface area contributed by atoms with Crippen LogP contribution >= 0.6 is 34.2 Å². The number of barbiturate groups is 1. The standard InChI is InChI=1S/C27H21ClIN3O7/c1-3-38-23-12-17(11-22(29)24(23)39-14-16-5-8-18(9-6-16)32(36)37)10-20-25(33)30-27(35)31(26(20)34)19-7-4-15(2)21(28)13-19/h4-13H,3,14H2,1-2H3,(H,30,33,35)/b20-10-. The van der Waals surface area contributed by atoms with Crippen molar-refractivity contribution in [2.24, 2.45) is 0 Å². The van der Waals surface area contributed by atoms with Crippen molar-refractivity contribution in [3.05, 3.63) is 95.6 Å². The van der Waals surface area contributed by atoms with Gasteiger partial charge in [0, 0.05) is 17.2 Å². The number of hydrogen-bond acceptors (Lipinski definition) is 7. The first-order valence-corrected chi connectivity index (χ1v) is 13.0. The molecule has 39 heavy (non-hydrogen) atoms. The lowest BCUT2D eigenvalue weighted by Crippen LogP contribution is -2.54. The Kier molecular flexibility index (Phi) is 8.51. The summed E-state index contributed by atoms with van der Waals surface area (Å²) in [6.45, 7) is 4.04. The number of nitrogens with one attached hydrogen (secondary N) is 1. The molecular formula is C27H21ClIN3O7. The second-order valence-electron chi connectivity index (χ2n) is 8.37. The third-order valence-corrected chi connectivity index (χ3v) is 6.90. The third-order valence-electron chi connectivity index (χ3n) is 5.69. The number of amides is 4. The number of aryl methyl sites for hydroxylation is 1. The van der Waals surface area contributed by atoms with Gasteiger partial charge in [0.15, 0.2) is 11.5 Å². The molecule has 3 aromatic carbocycles. The van der Waals surface area contributed by atoms with E-state index >= 15 is 0 Å². The van der Waals surface area contributed by atoms with Crippen LogP contribution in [0.25, 0.3) is 6.08 Å². The molecule has 0 saturated carbocycles. The van der Waals surface area contributed by atoms with E-state index in [-0.39, 0.29) is 23.6 Å². The van der Waals surface area contributed by atoms with Crippen LogP contribution in [0.1, 0.15) is 23.6 Å². The molecule has 3 aromatic rings. The van der Waals surface area contributed by atoms with Gasteiger partial charge in [-0.15, -0.1) is 0 Å². The number of urea groups is 1. The predicted molar refractivity (Wildman–Crippen MR) is 153 cm³/mol. The SMILES string of the molecule is CCOc1cc(/C=C2/C(=O)NC(=O)N(c3ccc(C)c(Cl)c3)C2=O)cc(I)c1OCc1ccc([N+](=O)[O-])cc1. The topological polar surface area (TPSA) is 128 Å². The van der Waals surface area contributed by atoms with E-state index in [4.69, 9.17) is 21.1 Å². The van der Waals surface area contributed by atoms with Gasteiger partial charge < -0.3 is 9.47 Å². The fourth-order valence-corrected chi connectivity index (χ4v) is 4.68. The van der Waals surface area contributed by atoms with E-state index in [1.807, 2.05) is 22.6 Å². The zero-order valence-corrected chi connectivity index (χ0v) is 23.6. The molecule has 4 amide bonds. The van der Waals surface area contributed by atoms with Crippen molar-refractivity contribution in [2.75, 3.05) is 11.5 Å². The number of non-ortho nitro benzene ring substituents is 1. The Bertz CT molecular complexity index is 1520. The van der Waals surface area contributed by atoms with Crippen LogP contribution in [0, 0.1) is 20.6 Å². The first-order chi connectivity index (χ1) is 18.6. The minimum absolute atomic E-state index is 0.0206. The summed E-state index contributed by atoms with van der Waals surface area (Å²) in [6, 6.07) is 13.2. The Morgan fingerprint density at radius 3 is 2.44 bits per heavy atom. The molecule has 1 N–H and O–H groups in total. The molecule has 10 nitrogen and oxygen atoms in total. The van der Waals surface area contributed by atoms with Crippen molar-refractivity contribution in [1.82, 2.24) is 5.32 Å². The Balaban J connectivity index is 1.63. The molecule has 0 aliphatic carbocycles. The van der Waals surface area contributed by atoms with Gasteiger partial charge in [0.1, 0.15) is 12.2 Å². The predicted octanol–water partition coefficient (Wildman–Crippen LogP) is 5.81. The number of nitro benzene ring substituents is 1. The smallest absolute Gasteiger partial charge is 0.335 e. The molecule has 0 unspecified atom stereocenters. The molecule has 0 atom stereocenters. The minimum Gasteiger partial charge on any atom is -0.490 e. The highest BCUT2D eigenvalue weighted by atomic mass is 127. The van der Waals surface area contributed by atoms with Crippen LogP contribution in [0.5, 0.6) is 11.5 Å². The lowest BCUT2D eigenvalue weighted by atomic mass is 10.1. The number of nitro groups is 1. The Morgan fingerprint density at radius 2 is 1.79 bits per heavy atom. The summed E-state index contributed by atoms with van der Waals surface area (Å²) in [5.41, 5.74) is 1.92. The molecule has 0 spiro atoms. The lowest BCUT2D eigenvalue weighted by Gasteiger charge is -2.26. The summed E-state index contributed by atoms with van der Waals surface area (Å²) >= 11 is 8.23. The second kappa shape index (κ2) is 11.8. The number of ether oxygens (including phenoxy) is 2. The summed E-state index contributed by atoms with van der Waals surface area (Å²) in [5.74, 6) is -0.815. The highest BCUT2D eigenvalue weighted by Gasteiger charge is 2.37. The van der Waals surface area contributed by atoms with Crippen LogP contribution in [0.15, 0.2) is 60.2 Å². The maximum absolute atomic E-state index is 13.3. The number of benzene rings is 3.